The molecule has 0 spiro atoms. The number of carbonyl (C=O) groups is 1. The Hall–Kier alpha value is -0.750. The normalized spacial score (nSPS) is 20.9. The van der Waals surface area contributed by atoms with Gasteiger partial charge in [0.25, 0.3) is 0 Å². The molecule has 2 atom stereocenters. The van der Waals surface area contributed by atoms with Gasteiger partial charge in [-0.2, -0.15) is 8.78 Å². The molecule has 1 aliphatic rings. The van der Waals surface area contributed by atoms with E-state index in [0.29, 0.717) is 6.42 Å². The third-order valence-corrected chi connectivity index (χ3v) is 3.65. The Morgan fingerprint density at radius 2 is 2.00 bits per heavy atom. The molecule has 1 aliphatic carbocycles. The van der Waals surface area contributed by atoms with Crippen LogP contribution in [-0.4, -0.2) is 35.8 Å². The van der Waals surface area contributed by atoms with Crippen LogP contribution in [-0.2, 0) is 9.53 Å². The predicted octanol–water partition coefficient (Wildman–Crippen LogP) is 1.84. The van der Waals surface area contributed by atoms with Gasteiger partial charge in [0.05, 0.1) is 6.61 Å². The van der Waals surface area contributed by atoms with Crippen LogP contribution in [0.2, 0.25) is 0 Å². The summed E-state index contributed by atoms with van der Waals surface area (Å²) >= 11 is 0. The molecule has 0 radical (unpaired) electrons. The van der Waals surface area contributed by atoms with Crippen molar-refractivity contribution in [3.63, 3.8) is 0 Å². The van der Waals surface area contributed by atoms with Crippen molar-refractivity contribution in [2.24, 2.45) is 11.7 Å². The number of esters is 1. The SMILES string of the molecule is CCOC(=O)C(F)(F)[C@@H](O)[C@@H](N)CC1CCCCC1. The largest absolute Gasteiger partial charge is 0.461 e. The highest BCUT2D eigenvalue weighted by molar-refractivity contribution is 5.78. The summed E-state index contributed by atoms with van der Waals surface area (Å²) in [5, 5.41) is 9.60. The summed E-state index contributed by atoms with van der Waals surface area (Å²) in [5.41, 5.74) is 5.63. The molecule has 0 aromatic carbocycles. The maximum Gasteiger partial charge on any atom is 0.379 e. The summed E-state index contributed by atoms with van der Waals surface area (Å²) in [4.78, 5) is 11.1. The van der Waals surface area contributed by atoms with Crippen LogP contribution in [0.4, 0.5) is 8.78 Å². The number of nitrogens with two attached hydrogens (primary N) is 1. The first-order valence-electron chi connectivity index (χ1n) is 6.88. The van der Waals surface area contributed by atoms with Crippen molar-refractivity contribution in [2.75, 3.05) is 6.61 Å². The van der Waals surface area contributed by atoms with E-state index in [1.807, 2.05) is 0 Å². The van der Waals surface area contributed by atoms with Gasteiger partial charge in [-0.1, -0.05) is 32.1 Å². The number of halogens is 2. The fourth-order valence-electron chi connectivity index (χ4n) is 2.55. The van der Waals surface area contributed by atoms with Gasteiger partial charge in [-0.15, -0.1) is 0 Å². The molecule has 0 saturated heterocycles. The average Bonchev–Trinajstić information content (AvgIpc) is 2.39. The maximum absolute atomic E-state index is 13.6. The molecule has 112 valence electrons. The molecular formula is C13H23F2NO3. The number of hydrogen-bond donors (Lipinski definition) is 2. The molecule has 6 heteroatoms. The smallest absolute Gasteiger partial charge is 0.379 e. The fraction of sp³-hybridized carbons (Fsp3) is 0.923. The molecule has 1 fully saturated rings. The zero-order valence-electron chi connectivity index (χ0n) is 11.3. The van der Waals surface area contributed by atoms with Crippen LogP contribution in [0.1, 0.15) is 45.4 Å². The number of aliphatic hydroxyl groups excluding tert-OH is 1. The minimum absolute atomic E-state index is 0.154. The summed E-state index contributed by atoms with van der Waals surface area (Å²) < 4.78 is 31.5. The van der Waals surface area contributed by atoms with Crippen LogP contribution >= 0.6 is 0 Å². The highest BCUT2D eigenvalue weighted by Crippen LogP contribution is 2.30. The Morgan fingerprint density at radius 3 is 2.53 bits per heavy atom. The van der Waals surface area contributed by atoms with Gasteiger partial charge < -0.3 is 15.6 Å². The highest BCUT2D eigenvalue weighted by atomic mass is 19.3. The third-order valence-electron chi connectivity index (χ3n) is 3.65. The number of hydrogen-bond acceptors (Lipinski definition) is 4. The quantitative estimate of drug-likeness (QED) is 0.728. The van der Waals surface area contributed by atoms with E-state index >= 15 is 0 Å². The van der Waals surface area contributed by atoms with E-state index in [-0.39, 0.29) is 12.5 Å². The van der Waals surface area contributed by atoms with Gasteiger partial charge in [-0.3, -0.25) is 0 Å². The molecule has 0 aromatic heterocycles. The minimum atomic E-state index is -3.94. The summed E-state index contributed by atoms with van der Waals surface area (Å²) in [7, 11) is 0. The molecular weight excluding hydrogens is 256 g/mol. The van der Waals surface area contributed by atoms with Gasteiger partial charge in [0, 0.05) is 6.04 Å². The molecule has 19 heavy (non-hydrogen) atoms. The Kier molecular flexibility index (Phi) is 6.13. The van der Waals surface area contributed by atoms with E-state index in [1.165, 1.54) is 6.92 Å². The molecule has 3 N–H and O–H groups in total. The Bertz CT molecular complexity index is 294. The molecule has 0 heterocycles. The Balaban J connectivity index is 2.54. The standard InChI is InChI=1S/C13H23F2NO3/c1-2-19-12(18)13(14,15)11(17)10(16)8-9-6-4-3-5-7-9/h9-11,17H,2-8,16H2,1H3/t10-,11-/m0/s1. The van der Waals surface area contributed by atoms with Crippen LogP contribution in [0.5, 0.6) is 0 Å². The van der Waals surface area contributed by atoms with Crippen LogP contribution in [0.25, 0.3) is 0 Å². The molecule has 1 rings (SSSR count). The molecule has 4 nitrogen and oxygen atoms in total. The molecule has 0 bridgehead atoms. The fourth-order valence-corrected chi connectivity index (χ4v) is 2.55. The van der Waals surface area contributed by atoms with Crippen molar-refractivity contribution in [3.05, 3.63) is 0 Å². The summed E-state index contributed by atoms with van der Waals surface area (Å²) in [5.74, 6) is -5.39. The number of rotatable bonds is 6. The second-order valence-electron chi connectivity index (χ2n) is 5.19. The number of alkyl halides is 2. The molecule has 0 amide bonds. The van der Waals surface area contributed by atoms with Crippen molar-refractivity contribution in [3.8, 4) is 0 Å². The van der Waals surface area contributed by atoms with Gasteiger partial charge in [-0.25, -0.2) is 4.79 Å². The van der Waals surface area contributed by atoms with Gasteiger partial charge in [0.1, 0.15) is 6.10 Å². The maximum atomic E-state index is 13.6. The number of aliphatic hydroxyl groups is 1. The topological polar surface area (TPSA) is 72.5 Å². The number of carbonyl (C=O) groups excluding carboxylic acids is 1. The summed E-state index contributed by atoms with van der Waals surface area (Å²) in [6.07, 6.45) is 3.33. The molecule has 0 aromatic rings. The van der Waals surface area contributed by atoms with E-state index in [4.69, 9.17) is 5.73 Å². The molecule has 0 aliphatic heterocycles. The second kappa shape index (κ2) is 7.14. The van der Waals surface area contributed by atoms with Crippen molar-refractivity contribution in [1.82, 2.24) is 0 Å². The van der Waals surface area contributed by atoms with E-state index in [9.17, 15) is 18.7 Å². The summed E-state index contributed by atoms with van der Waals surface area (Å²) in [6, 6.07) is -1.11. The lowest BCUT2D eigenvalue weighted by molar-refractivity contribution is -0.190. The van der Waals surface area contributed by atoms with E-state index < -0.39 is 24.0 Å². The first-order chi connectivity index (χ1) is 8.89. The van der Waals surface area contributed by atoms with Crippen molar-refractivity contribution in [1.29, 1.82) is 0 Å². The van der Waals surface area contributed by atoms with E-state index in [1.54, 1.807) is 0 Å². The van der Waals surface area contributed by atoms with Crippen molar-refractivity contribution in [2.45, 2.75) is 63.5 Å². The van der Waals surface area contributed by atoms with E-state index in [0.717, 1.165) is 32.1 Å². The zero-order valence-corrected chi connectivity index (χ0v) is 11.3. The first kappa shape index (κ1) is 16.3. The average molecular weight is 279 g/mol. The molecule has 1 saturated carbocycles. The van der Waals surface area contributed by atoms with Crippen LogP contribution < -0.4 is 5.73 Å². The monoisotopic (exact) mass is 279 g/mol. The van der Waals surface area contributed by atoms with Gasteiger partial charge in [-0.05, 0) is 19.3 Å². The van der Waals surface area contributed by atoms with Crippen molar-refractivity contribution >= 4 is 5.97 Å². The Morgan fingerprint density at radius 1 is 1.42 bits per heavy atom. The van der Waals surface area contributed by atoms with E-state index in [2.05, 4.69) is 4.74 Å². The number of ether oxygens (including phenoxy) is 1. The minimum Gasteiger partial charge on any atom is -0.461 e. The second-order valence-corrected chi connectivity index (χ2v) is 5.19. The third kappa shape index (κ3) is 4.38. The first-order valence-corrected chi connectivity index (χ1v) is 6.88. The summed E-state index contributed by atoms with van der Waals surface area (Å²) in [6.45, 7) is 1.28. The lowest BCUT2D eigenvalue weighted by Gasteiger charge is -2.29. The van der Waals surface area contributed by atoms with Crippen LogP contribution in [0, 0.1) is 5.92 Å². The van der Waals surface area contributed by atoms with Gasteiger partial charge in [0.2, 0.25) is 0 Å². The van der Waals surface area contributed by atoms with Crippen LogP contribution in [0.3, 0.4) is 0 Å². The van der Waals surface area contributed by atoms with Crippen LogP contribution in [0.15, 0.2) is 0 Å². The highest BCUT2D eigenvalue weighted by Gasteiger charge is 2.50. The molecule has 0 unspecified atom stereocenters. The lowest BCUT2D eigenvalue weighted by Crippen LogP contribution is -2.52. The van der Waals surface area contributed by atoms with Gasteiger partial charge >= 0.3 is 11.9 Å². The van der Waals surface area contributed by atoms with Gasteiger partial charge in [0.15, 0.2) is 0 Å². The Labute approximate surface area is 112 Å². The predicted molar refractivity (Wildman–Crippen MR) is 66.8 cm³/mol. The van der Waals surface area contributed by atoms with Crippen molar-refractivity contribution < 1.29 is 23.4 Å². The lowest BCUT2D eigenvalue weighted by atomic mass is 9.83. The zero-order chi connectivity index (χ0) is 14.5.